The Morgan fingerprint density at radius 3 is 2.48 bits per heavy atom. The van der Waals surface area contributed by atoms with Crippen LogP contribution in [0.4, 0.5) is 5.69 Å². The summed E-state index contributed by atoms with van der Waals surface area (Å²) >= 11 is 0. The van der Waals surface area contributed by atoms with Crippen LogP contribution in [0.1, 0.15) is 52.5 Å². The van der Waals surface area contributed by atoms with Gasteiger partial charge in [0.1, 0.15) is 11.8 Å². The van der Waals surface area contributed by atoms with Crippen molar-refractivity contribution in [2.75, 3.05) is 19.1 Å². The fourth-order valence-corrected chi connectivity index (χ4v) is 3.93. The minimum atomic E-state index is -0.336. The Kier molecular flexibility index (Phi) is 4.92. The van der Waals surface area contributed by atoms with Crippen LogP contribution in [0, 0.1) is 5.92 Å². The molecule has 4 nitrogen and oxygen atoms in total. The first-order valence-corrected chi connectivity index (χ1v) is 8.28. The number of carbonyl (C=O) groups excluding carboxylic acids is 1. The summed E-state index contributed by atoms with van der Waals surface area (Å²) in [6.45, 7) is 10.7. The van der Waals surface area contributed by atoms with Gasteiger partial charge in [0.25, 0.3) is 0 Å². The van der Waals surface area contributed by atoms with E-state index >= 15 is 0 Å². The number of nitrogens with zero attached hydrogens (tertiary/aromatic N) is 1. The molecule has 1 heterocycles. The Bertz CT molecular complexity index is 580. The highest BCUT2D eigenvalue weighted by Crippen LogP contribution is 2.49. The summed E-state index contributed by atoms with van der Waals surface area (Å²) in [5.41, 5.74) is 2.10. The van der Waals surface area contributed by atoms with Crippen molar-refractivity contribution in [2.24, 2.45) is 5.92 Å². The van der Waals surface area contributed by atoms with E-state index in [4.69, 9.17) is 9.47 Å². The van der Waals surface area contributed by atoms with Crippen molar-refractivity contribution in [1.29, 1.82) is 0 Å². The highest BCUT2D eigenvalue weighted by Gasteiger charge is 2.45. The van der Waals surface area contributed by atoms with Crippen LogP contribution in [0.25, 0.3) is 0 Å². The molecule has 4 heteroatoms. The predicted octanol–water partition coefficient (Wildman–Crippen LogP) is 3.99. The largest absolute Gasteiger partial charge is 0.495 e. The molecule has 0 N–H and O–H groups in total. The molecular formula is C19H29NO3. The topological polar surface area (TPSA) is 38.8 Å². The maximum Gasteiger partial charge on any atom is 0.328 e. The highest BCUT2D eigenvalue weighted by atomic mass is 16.5. The molecule has 0 unspecified atom stereocenters. The van der Waals surface area contributed by atoms with Gasteiger partial charge in [-0.25, -0.2) is 4.79 Å². The van der Waals surface area contributed by atoms with Crippen LogP contribution in [0.5, 0.6) is 5.75 Å². The fourth-order valence-electron chi connectivity index (χ4n) is 3.93. The molecule has 0 bridgehead atoms. The third kappa shape index (κ3) is 3.04. The number of anilines is 1. The van der Waals surface area contributed by atoms with E-state index in [-0.39, 0.29) is 23.5 Å². The number of carbonyl (C=O) groups is 1. The monoisotopic (exact) mass is 319 g/mol. The van der Waals surface area contributed by atoms with Gasteiger partial charge in [0.05, 0.1) is 19.9 Å². The van der Waals surface area contributed by atoms with Crippen LogP contribution in [-0.2, 0) is 9.53 Å². The van der Waals surface area contributed by atoms with Crippen LogP contribution in [0.3, 0.4) is 0 Å². The van der Waals surface area contributed by atoms with Crippen LogP contribution in [0.2, 0.25) is 0 Å². The van der Waals surface area contributed by atoms with Crippen molar-refractivity contribution in [3.8, 4) is 5.75 Å². The maximum absolute atomic E-state index is 12.5. The summed E-state index contributed by atoms with van der Waals surface area (Å²) in [5, 5.41) is 0. The van der Waals surface area contributed by atoms with Crippen LogP contribution < -0.4 is 9.64 Å². The third-order valence-corrected chi connectivity index (χ3v) is 4.83. The van der Waals surface area contributed by atoms with Crippen molar-refractivity contribution in [3.05, 3.63) is 23.8 Å². The van der Waals surface area contributed by atoms with Crippen molar-refractivity contribution in [1.82, 2.24) is 0 Å². The molecule has 0 fully saturated rings. The van der Waals surface area contributed by atoms with Crippen molar-refractivity contribution < 1.29 is 14.3 Å². The number of methoxy groups -OCH3 is 2. The molecule has 2 rings (SSSR count). The SMILES string of the molecule is COC(=O)[C@@H](C(C)C)N1c2c(OC)cccc2[C@H](C)CC1(C)C. The Balaban J connectivity index is 2.70. The Hall–Kier alpha value is -1.71. The number of hydrogen-bond acceptors (Lipinski definition) is 4. The number of ether oxygens (including phenoxy) is 2. The second-order valence-corrected chi connectivity index (χ2v) is 7.40. The lowest BCUT2D eigenvalue weighted by Gasteiger charge is -2.51. The van der Waals surface area contributed by atoms with Crippen LogP contribution >= 0.6 is 0 Å². The summed E-state index contributed by atoms with van der Waals surface area (Å²) in [6, 6.07) is 5.79. The molecule has 1 aliphatic heterocycles. The molecule has 0 aromatic heterocycles. The van der Waals surface area contributed by atoms with Gasteiger partial charge in [-0.15, -0.1) is 0 Å². The molecule has 0 radical (unpaired) electrons. The average Bonchev–Trinajstić information content (AvgIpc) is 2.49. The third-order valence-electron chi connectivity index (χ3n) is 4.83. The van der Waals surface area contributed by atoms with Gasteiger partial charge < -0.3 is 14.4 Å². The molecule has 0 saturated carbocycles. The Morgan fingerprint density at radius 2 is 1.96 bits per heavy atom. The number of benzene rings is 1. The fraction of sp³-hybridized carbons (Fsp3) is 0.632. The molecule has 0 saturated heterocycles. The molecule has 2 atom stereocenters. The molecular weight excluding hydrogens is 290 g/mol. The van der Waals surface area contributed by atoms with E-state index in [1.807, 2.05) is 12.1 Å². The maximum atomic E-state index is 12.5. The summed E-state index contributed by atoms with van der Waals surface area (Å²) in [6.07, 6.45) is 0.980. The molecule has 1 aromatic rings. The van der Waals surface area contributed by atoms with E-state index in [1.165, 1.54) is 12.7 Å². The summed E-state index contributed by atoms with van der Waals surface area (Å²) < 4.78 is 10.7. The summed E-state index contributed by atoms with van der Waals surface area (Å²) in [5.74, 6) is 1.17. The molecule has 1 aliphatic rings. The Labute approximate surface area is 139 Å². The highest BCUT2D eigenvalue weighted by molar-refractivity contribution is 5.83. The van der Waals surface area contributed by atoms with Gasteiger partial charge in [-0.3, -0.25) is 0 Å². The number of fused-ring (bicyclic) bond motifs is 1. The van der Waals surface area contributed by atoms with E-state index in [0.29, 0.717) is 5.92 Å². The minimum absolute atomic E-state index is 0.132. The van der Waals surface area contributed by atoms with E-state index in [9.17, 15) is 4.79 Å². The summed E-state index contributed by atoms with van der Waals surface area (Å²) in [7, 11) is 3.14. The first kappa shape index (κ1) is 17.6. The summed E-state index contributed by atoms with van der Waals surface area (Å²) in [4.78, 5) is 14.7. The molecule has 1 aromatic carbocycles. The second-order valence-electron chi connectivity index (χ2n) is 7.40. The molecule has 23 heavy (non-hydrogen) atoms. The van der Waals surface area contributed by atoms with Gasteiger partial charge in [0, 0.05) is 5.54 Å². The van der Waals surface area contributed by atoms with Crippen LogP contribution in [-0.4, -0.2) is 31.8 Å². The number of hydrogen-bond donors (Lipinski definition) is 0. The van der Waals surface area contributed by atoms with Gasteiger partial charge in [-0.1, -0.05) is 32.9 Å². The van der Waals surface area contributed by atoms with Gasteiger partial charge >= 0.3 is 5.97 Å². The lowest BCUT2D eigenvalue weighted by Crippen LogP contribution is -2.58. The van der Waals surface area contributed by atoms with Crippen LogP contribution in [0.15, 0.2) is 18.2 Å². The standard InChI is InChI=1S/C19H29NO3/c1-12(2)16(18(21)23-7)20-17-14(9-8-10-15(17)22-6)13(3)11-19(20,4)5/h8-10,12-13,16H,11H2,1-7H3/t13-,16-/m1/s1. The van der Waals surface area contributed by atoms with Crippen molar-refractivity contribution in [2.45, 2.75) is 58.5 Å². The second kappa shape index (κ2) is 6.42. The Morgan fingerprint density at radius 1 is 1.30 bits per heavy atom. The molecule has 0 spiro atoms. The first-order valence-electron chi connectivity index (χ1n) is 8.28. The van der Waals surface area contributed by atoms with Gasteiger partial charge in [0.15, 0.2) is 0 Å². The lowest BCUT2D eigenvalue weighted by molar-refractivity contribution is -0.143. The van der Waals surface area contributed by atoms with E-state index in [2.05, 4.69) is 45.6 Å². The number of para-hydroxylation sites is 1. The van der Waals surface area contributed by atoms with Gasteiger partial charge in [0.2, 0.25) is 0 Å². The van der Waals surface area contributed by atoms with Gasteiger partial charge in [-0.05, 0) is 43.7 Å². The zero-order valence-corrected chi connectivity index (χ0v) is 15.3. The molecule has 0 amide bonds. The zero-order valence-electron chi connectivity index (χ0n) is 15.3. The quantitative estimate of drug-likeness (QED) is 0.787. The van der Waals surface area contributed by atoms with E-state index < -0.39 is 0 Å². The number of rotatable bonds is 4. The van der Waals surface area contributed by atoms with Crippen molar-refractivity contribution in [3.63, 3.8) is 0 Å². The van der Waals surface area contributed by atoms with Crippen molar-refractivity contribution >= 4 is 11.7 Å². The average molecular weight is 319 g/mol. The van der Waals surface area contributed by atoms with E-state index in [1.54, 1.807) is 7.11 Å². The molecule has 128 valence electrons. The number of esters is 1. The normalized spacial score (nSPS) is 20.9. The smallest absolute Gasteiger partial charge is 0.328 e. The zero-order chi connectivity index (χ0) is 17.4. The van der Waals surface area contributed by atoms with Gasteiger partial charge in [-0.2, -0.15) is 0 Å². The minimum Gasteiger partial charge on any atom is -0.495 e. The van der Waals surface area contributed by atoms with E-state index in [0.717, 1.165) is 17.9 Å². The first-order chi connectivity index (χ1) is 10.7. The lowest BCUT2D eigenvalue weighted by atomic mass is 9.78. The molecule has 0 aliphatic carbocycles. The predicted molar refractivity (Wildman–Crippen MR) is 93.2 cm³/mol.